The quantitative estimate of drug-likeness (QED) is 0.0315. The van der Waals surface area contributed by atoms with Crippen LogP contribution in [0.2, 0.25) is 6.04 Å². The molecule has 0 N–H and O–H groups in total. The molecular weight excluding hydrogens is 527 g/mol. The fourth-order valence-corrected chi connectivity index (χ4v) is 7.79. The standard InChI is InChI=1S/C34H72NO3Si2/c1-10-11-12-13-14-15-16-17-18-19-20-21-22-25-31(26-23-28-37-32(36)30(2)3)33(4,5)34(6,7)35(8,9)27-24-29-40-38-39/h31H,2,10-29,40H2,1,3-9,39H3/q+1. The van der Waals surface area contributed by atoms with Crippen molar-refractivity contribution in [1.82, 2.24) is 0 Å². The summed E-state index contributed by atoms with van der Waals surface area (Å²) in [6.45, 7) is 19.4. The van der Waals surface area contributed by atoms with E-state index >= 15 is 0 Å². The molecule has 0 aliphatic rings. The molecule has 6 heteroatoms. The number of esters is 1. The molecule has 40 heavy (non-hydrogen) atoms. The molecule has 0 amide bonds. The highest BCUT2D eigenvalue weighted by atomic mass is 28.3. The molecular formula is C34H72NO3Si2+. The van der Waals surface area contributed by atoms with Crippen molar-refractivity contribution >= 4 is 26.2 Å². The van der Waals surface area contributed by atoms with Crippen molar-refractivity contribution in [2.24, 2.45) is 11.3 Å². The molecule has 0 saturated heterocycles. The molecule has 0 spiro atoms. The first-order valence-electron chi connectivity index (χ1n) is 17.0. The lowest BCUT2D eigenvalue weighted by Gasteiger charge is -2.56. The van der Waals surface area contributed by atoms with Gasteiger partial charge in [-0.05, 0) is 58.4 Å². The molecule has 0 aromatic rings. The number of unbranched alkanes of at least 4 members (excludes halogenated alkanes) is 12. The van der Waals surface area contributed by atoms with Gasteiger partial charge in [-0.3, -0.25) is 0 Å². The summed E-state index contributed by atoms with van der Waals surface area (Å²) in [7, 11) is 5.47. The van der Waals surface area contributed by atoms with Gasteiger partial charge in [-0.25, -0.2) is 4.79 Å². The summed E-state index contributed by atoms with van der Waals surface area (Å²) in [6.07, 6.45) is 22.7. The van der Waals surface area contributed by atoms with Crippen LogP contribution in [-0.2, 0) is 13.6 Å². The highest BCUT2D eigenvalue weighted by molar-refractivity contribution is 6.34. The van der Waals surface area contributed by atoms with Crippen molar-refractivity contribution in [1.29, 1.82) is 0 Å². The predicted octanol–water partition coefficient (Wildman–Crippen LogP) is 8.05. The third kappa shape index (κ3) is 15.7. The van der Waals surface area contributed by atoms with Gasteiger partial charge >= 0.3 is 5.97 Å². The molecule has 0 saturated carbocycles. The first-order valence-corrected chi connectivity index (χ1v) is 19.4. The minimum absolute atomic E-state index is 0.131. The van der Waals surface area contributed by atoms with Crippen molar-refractivity contribution < 1.29 is 18.1 Å². The summed E-state index contributed by atoms with van der Waals surface area (Å²) < 4.78 is 12.1. The number of carbonyl (C=O) groups excluding carboxylic acids is 1. The molecule has 0 aromatic heterocycles. The molecule has 0 heterocycles. The summed E-state index contributed by atoms with van der Waals surface area (Å²) in [6, 6.07) is 1.29. The lowest BCUT2D eigenvalue weighted by molar-refractivity contribution is -0.947. The van der Waals surface area contributed by atoms with E-state index in [2.05, 4.69) is 55.3 Å². The average molecular weight is 599 g/mol. The minimum atomic E-state index is -0.293. The molecule has 0 bridgehead atoms. The Hall–Kier alpha value is -0.436. The van der Waals surface area contributed by atoms with E-state index in [0.717, 1.165) is 27.8 Å². The maximum atomic E-state index is 11.9. The van der Waals surface area contributed by atoms with Crippen LogP contribution in [0.4, 0.5) is 0 Å². The monoisotopic (exact) mass is 599 g/mol. The maximum absolute atomic E-state index is 11.9. The Bertz CT molecular complexity index is 664. The Balaban J connectivity index is 4.86. The number of nitrogens with zero attached hydrogens (tertiary/aromatic N) is 1. The topological polar surface area (TPSA) is 35.5 Å². The van der Waals surface area contributed by atoms with Crippen LogP contribution in [0, 0.1) is 11.3 Å². The first kappa shape index (κ1) is 39.6. The summed E-state index contributed by atoms with van der Waals surface area (Å²) >= 11 is 0. The number of hydrogen-bond donors (Lipinski definition) is 0. The molecule has 1 atom stereocenters. The highest BCUT2D eigenvalue weighted by Crippen LogP contribution is 2.48. The molecule has 0 aliphatic carbocycles. The fraction of sp³-hybridized carbons (Fsp3) is 0.912. The molecule has 1 unspecified atom stereocenters. The average Bonchev–Trinajstić information content (AvgIpc) is 2.89. The summed E-state index contributed by atoms with van der Waals surface area (Å²) in [5, 5.41) is 0. The molecule has 4 nitrogen and oxygen atoms in total. The Morgan fingerprint density at radius 1 is 0.825 bits per heavy atom. The van der Waals surface area contributed by atoms with Crippen molar-refractivity contribution in [3.8, 4) is 0 Å². The van der Waals surface area contributed by atoms with E-state index in [1.165, 1.54) is 109 Å². The van der Waals surface area contributed by atoms with Crippen LogP contribution in [-0.4, -0.2) is 63.5 Å². The second-order valence-corrected chi connectivity index (χ2v) is 17.6. The summed E-state index contributed by atoms with van der Waals surface area (Å²) in [5.41, 5.74) is 0.784. The summed E-state index contributed by atoms with van der Waals surface area (Å²) in [4.78, 5) is 11.9. The van der Waals surface area contributed by atoms with Gasteiger partial charge in [0.1, 0.15) is 20.2 Å². The molecule has 0 radical (unpaired) electrons. The zero-order chi connectivity index (χ0) is 30.5. The van der Waals surface area contributed by atoms with E-state index in [1.807, 2.05) is 0 Å². The summed E-state index contributed by atoms with van der Waals surface area (Å²) in [5.74, 6) is 0.350. The van der Waals surface area contributed by atoms with Crippen molar-refractivity contribution in [2.45, 2.75) is 162 Å². The van der Waals surface area contributed by atoms with E-state index in [0.29, 0.717) is 18.1 Å². The van der Waals surface area contributed by atoms with Crippen LogP contribution < -0.4 is 0 Å². The molecule has 0 rings (SSSR count). The highest BCUT2D eigenvalue weighted by Gasteiger charge is 2.52. The zero-order valence-corrected chi connectivity index (χ0v) is 32.2. The van der Waals surface area contributed by atoms with Gasteiger partial charge in [0.2, 0.25) is 0 Å². The van der Waals surface area contributed by atoms with Gasteiger partial charge in [-0.1, -0.05) is 111 Å². The van der Waals surface area contributed by atoms with Crippen molar-refractivity contribution in [3.63, 3.8) is 0 Å². The number of hydrogen-bond acceptors (Lipinski definition) is 3. The largest absolute Gasteiger partial charge is 0.468 e. The Labute approximate surface area is 256 Å². The molecule has 0 aliphatic heterocycles. The number of carbonyl (C=O) groups is 1. The fourth-order valence-electron chi connectivity index (χ4n) is 6.20. The SMILES string of the molecule is C=C(C)C(=O)OCCCC(CCCCCCCCCCCCCCC)C(C)(C)C(C)(C)[N+](C)(C)CCC[SiH2]O[SiH3]. The van der Waals surface area contributed by atoms with E-state index in [-0.39, 0.29) is 26.7 Å². The van der Waals surface area contributed by atoms with Crippen molar-refractivity contribution in [3.05, 3.63) is 12.2 Å². The van der Waals surface area contributed by atoms with Crippen LogP contribution in [0.15, 0.2) is 12.2 Å². The van der Waals surface area contributed by atoms with Crippen LogP contribution in [0.5, 0.6) is 0 Å². The second-order valence-electron chi connectivity index (χ2n) is 14.2. The zero-order valence-electron chi connectivity index (χ0n) is 28.8. The number of ether oxygens (including phenoxy) is 1. The van der Waals surface area contributed by atoms with Gasteiger partial charge in [-0.2, -0.15) is 0 Å². The number of rotatable bonds is 27. The van der Waals surface area contributed by atoms with E-state index in [9.17, 15) is 4.79 Å². The van der Waals surface area contributed by atoms with Gasteiger partial charge in [0, 0.05) is 11.0 Å². The molecule has 0 aromatic carbocycles. The van der Waals surface area contributed by atoms with Gasteiger partial charge in [0.05, 0.1) is 32.8 Å². The van der Waals surface area contributed by atoms with E-state index in [1.54, 1.807) is 6.92 Å². The predicted molar refractivity (Wildman–Crippen MR) is 183 cm³/mol. The van der Waals surface area contributed by atoms with Gasteiger partial charge < -0.3 is 13.3 Å². The third-order valence-electron chi connectivity index (χ3n) is 10.4. The van der Waals surface area contributed by atoms with E-state index < -0.39 is 0 Å². The van der Waals surface area contributed by atoms with Crippen LogP contribution in [0.1, 0.15) is 151 Å². The second kappa shape index (κ2) is 22.2. The Morgan fingerprint density at radius 3 is 1.77 bits per heavy atom. The van der Waals surface area contributed by atoms with Crippen LogP contribution >= 0.6 is 0 Å². The molecule has 238 valence electrons. The smallest absolute Gasteiger partial charge is 0.333 e. The maximum Gasteiger partial charge on any atom is 0.333 e. The number of quaternary nitrogens is 1. The van der Waals surface area contributed by atoms with Crippen molar-refractivity contribution in [2.75, 3.05) is 27.2 Å². The van der Waals surface area contributed by atoms with Gasteiger partial charge in [0.25, 0.3) is 0 Å². The van der Waals surface area contributed by atoms with Crippen LogP contribution in [0.25, 0.3) is 0 Å². The van der Waals surface area contributed by atoms with Crippen LogP contribution in [0.3, 0.4) is 0 Å². The van der Waals surface area contributed by atoms with E-state index in [4.69, 9.17) is 8.85 Å². The lowest BCUT2D eigenvalue weighted by Crippen LogP contribution is -2.65. The first-order chi connectivity index (χ1) is 18.8. The Kier molecular flexibility index (Phi) is 21.9. The minimum Gasteiger partial charge on any atom is -0.468 e. The van der Waals surface area contributed by atoms with Gasteiger partial charge in [0.15, 0.2) is 0 Å². The third-order valence-corrected chi connectivity index (χ3v) is 12.8. The lowest BCUT2D eigenvalue weighted by atomic mass is 9.61. The normalized spacial score (nSPS) is 13.8. The Morgan fingerprint density at radius 2 is 1.30 bits per heavy atom. The molecule has 0 fully saturated rings. The van der Waals surface area contributed by atoms with Gasteiger partial charge in [-0.15, -0.1) is 0 Å².